The normalized spacial score (nSPS) is 10.8. The van der Waals surface area contributed by atoms with E-state index in [4.69, 9.17) is 10.5 Å². The summed E-state index contributed by atoms with van der Waals surface area (Å²) in [5.74, 6) is 1.73. The molecule has 0 unspecified atom stereocenters. The molecule has 0 fully saturated rings. The molecule has 5 nitrogen and oxygen atoms in total. The Morgan fingerprint density at radius 3 is 2.75 bits per heavy atom. The smallest absolute Gasteiger partial charge is 0.160 e. The van der Waals surface area contributed by atoms with Crippen LogP contribution < -0.4 is 10.5 Å². The van der Waals surface area contributed by atoms with Crippen molar-refractivity contribution in [2.24, 2.45) is 5.73 Å². The Balaban J connectivity index is 1.99. The van der Waals surface area contributed by atoms with Gasteiger partial charge in [0.1, 0.15) is 5.82 Å². The molecule has 0 aliphatic heterocycles. The van der Waals surface area contributed by atoms with Crippen LogP contribution in [0.1, 0.15) is 37.0 Å². The molecule has 0 aromatic carbocycles. The minimum atomic E-state index is 0.280. The first-order chi connectivity index (χ1) is 9.70. The average molecular weight is 272 g/mol. The van der Waals surface area contributed by atoms with E-state index < -0.39 is 0 Å². The number of nitrogens with two attached hydrogens (primary N) is 1. The lowest BCUT2D eigenvalue weighted by atomic mass is 10.2. The third-order valence-corrected chi connectivity index (χ3v) is 2.90. The van der Waals surface area contributed by atoms with Gasteiger partial charge in [0, 0.05) is 30.8 Å². The average Bonchev–Trinajstić information content (AvgIpc) is 2.48. The zero-order valence-corrected chi connectivity index (χ0v) is 11.9. The van der Waals surface area contributed by atoms with Crippen LogP contribution in [0.4, 0.5) is 0 Å². The summed E-state index contributed by atoms with van der Waals surface area (Å²) in [5, 5.41) is 0. The van der Waals surface area contributed by atoms with Crippen LogP contribution >= 0.6 is 0 Å². The summed E-state index contributed by atoms with van der Waals surface area (Å²) in [6.45, 7) is 4.99. The van der Waals surface area contributed by atoms with Gasteiger partial charge in [-0.2, -0.15) is 0 Å². The van der Waals surface area contributed by atoms with Gasteiger partial charge in [-0.05, 0) is 12.1 Å². The minimum Gasteiger partial charge on any atom is -0.490 e. The van der Waals surface area contributed by atoms with Crippen molar-refractivity contribution in [3.05, 3.63) is 47.8 Å². The summed E-state index contributed by atoms with van der Waals surface area (Å²) < 4.78 is 5.72. The van der Waals surface area contributed by atoms with Crippen LogP contribution in [-0.4, -0.2) is 21.6 Å². The third kappa shape index (κ3) is 3.74. The van der Waals surface area contributed by atoms with E-state index in [2.05, 4.69) is 28.8 Å². The van der Waals surface area contributed by atoms with E-state index in [-0.39, 0.29) is 5.92 Å². The van der Waals surface area contributed by atoms with Crippen LogP contribution in [0.3, 0.4) is 0 Å². The molecular formula is C15H20N4O. The number of pyridine rings is 1. The molecule has 0 saturated heterocycles. The maximum absolute atomic E-state index is 5.72. The van der Waals surface area contributed by atoms with Crippen LogP contribution in [0.15, 0.2) is 30.6 Å². The number of hydrogen-bond acceptors (Lipinski definition) is 5. The molecule has 2 heterocycles. The minimum absolute atomic E-state index is 0.280. The number of rotatable bonds is 6. The molecule has 106 valence electrons. The monoisotopic (exact) mass is 272 g/mol. The Morgan fingerprint density at radius 2 is 2.10 bits per heavy atom. The molecule has 2 N–H and O–H groups in total. The van der Waals surface area contributed by atoms with E-state index in [1.165, 1.54) is 0 Å². The second kappa shape index (κ2) is 6.96. The van der Waals surface area contributed by atoms with Gasteiger partial charge < -0.3 is 10.5 Å². The molecular weight excluding hydrogens is 252 g/mol. The summed E-state index contributed by atoms with van der Waals surface area (Å²) in [5.41, 5.74) is 7.48. The topological polar surface area (TPSA) is 73.9 Å². The van der Waals surface area contributed by atoms with Gasteiger partial charge >= 0.3 is 0 Å². The van der Waals surface area contributed by atoms with Crippen molar-refractivity contribution >= 4 is 0 Å². The molecule has 0 saturated carbocycles. The van der Waals surface area contributed by atoms with E-state index in [0.29, 0.717) is 18.9 Å². The number of hydrogen-bond donors (Lipinski definition) is 1. The molecule has 2 rings (SSSR count). The van der Waals surface area contributed by atoms with Crippen LogP contribution in [0.5, 0.6) is 5.75 Å². The predicted octanol–water partition coefficient (Wildman–Crippen LogP) is 2.08. The van der Waals surface area contributed by atoms with E-state index >= 15 is 0 Å². The highest BCUT2D eigenvalue weighted by atomic mass is 16.5. The molecule has 0 amide bonds. The summed E-state index contributed by atoms with van der Waals surface area (Å²) in [7, 11) is 0. The Kier molecular flexibility index (Phi) is 5.01. The first kappa shape index (κ1) is 14.4. The van der Waals surface area contributed by atoms with E-state index in [1.807, 2.05) is 18.2 Å². The quantitative estimate of drug-likeness (QED) is 0.871. The van der Waals surface area contributed by atoms with E-state index in [1.54, 1.807) is 12.4 Å². The number of ether oxygens (including phenoxy) is 1. The zero-order chi connectivity index (χ0) is 14.4. The third-order valence-electron chi connectivity index (χ3n) is 2.90. The number of aromatic nitrogens is 3. The van der Waals surface area contributed by atoms with Crippen LogP contribution in [0, 0.1) is 0 Å². The van der Waals surface area contributed by atoms with Crippen molar-refractivity contribution in [1.82, 2.24) is 15.0 Å². The van der Waals surface area contributed by atoms with Crippen LogP contribution in [-0.2, 0) is 13.0 Å². The Bertz CT molecular complexity index is 543. The number of nitrogens with zero attached hydrogens (tertiary/aromatic N) is 3. The second-order valence-corrected chi connectivity index (χ2v) is 4.82. The van der Waals surface area contributed by atoms with E-state index in [9.17, 15) is 0 Å². The molecule has 5 heteroatoms. The van der Waals surface area contributed by atoms with Gasteiger partial charge in [0.25, 0.3) is 0 Å². The molecule has 0 spiro atoms. The second-order valence-electron chi connectivity index (χ2n) is 4.82. The van der Waals surface area contributed by atoms with Gasteiger partial charge in [-0.3, -0.25) is 4.98 Å². The lowest BCUT2D eigenvalue weighted by Gasteiger charge is -2.11. The van der Waals surface area contributed by atoms with Crippen molar-refractivity contribution in [2.75, 3.05) is 6.61 Å². The molecule has 0 bridgehead atoms. The lowest BCUT2D eigenvalue weighted by molar-refractivity contribution is 0.313. The first-order valence-corrected chi connectivity index (χ1v) is 6.79. The van der Waals surface area contributed by atoms with Gasteiger partial charge in [-0.15, -0.1) is 0 Å². The SMILES string of the molecule is CC(C)c1ncc(OCCc2ccccn2)c(CN)n1. The molecule has 2 aromatic rings. The molecule has 0 radical (unpaired) electrons. The predicted molar refractivity (Wildman–Crippen MR) is 77.4 cm³/mol. The zero-order valence-electron chi connectivity index (χ0n) is 11.9. The fraction of sp³-hybridized carbons (Fsp3) is 0.400. The Hall–Kier alpha value is -2.01. The van der Waals surface area contributed by atoms with E-state index in [0.717, 1.165) is 23.6 Å². The van der Waals surface area contributed by atoms with Gasteiger partial charge in [0.15, 0.2) is 5.75 Å². The Morgan fingerprint density at radius 1 is 1.25 bits per heavy atom. The molecule has 2 aromatic heterocycles. The van der Waals surface area contributed by atoms with Crippen molar-refractivity contribution in [2.45, 2.75) is 32.7 Å². The summed E-state index contributed by atoms with van der Waals surface area (Å²) >= 11 is 0. The maximum atomic E-state index is 5.72. The summed E-state index contributed by atoms with van der Waals surface area (Å²) in [4.78, 5) is 13.0. The Labute approximate surface area is 119 Å². The molecule has 0 aliphatic rings. The van der Waals surface area contributed by atoms with Crippen molar-refractivity contribution < 1.29 is 4.74 Å². The summed E-state index contributed by atoms with van der Waals surface area (Å²) in [6.07, 6.45) is 4.24. The first-order valence-electron chi connectivity index (χ1n) is 6.79. The fourth-order valence-corrected chi connectivity index (χ4v) is 1.78. The standard InChI is InChI=1S/C15H20N4O/c1-11(2)15-18-10-14(13(9-16)19-15)20-8-6-12-5-3-4-7-17-12/h3-5,7,10-11H,6,8-9,16H2,1-2H3. The van der Waals surface area contributed by atoms with Gasteiger partial charge in [0.05, 0.1) is 18.5 Å². The van der Waals surface area contributed by atoms with Crippen molar-refractivity contribution in [1.29, 1.82) is 0 Å². The molecule has 0 aliphatic carbocycles. The fourth-order valence-electron chi connectivity index (χ4n) is 1.78. The molecule has 20 heavy (non-hydrogen) atoms. The maximum Gasteiger partial charge on any atom is 0.160 e. The highest BCUT2D eigenvalue weighted by Gasteiger charge is 2.09. The van der Waals surface area contributed by atoms with Gasteiger partial charge in [-0.1, -0.05) is 19.9 Å². The van der Waals surface area contributed by atoms with Crippen LogP contribution in [0.2, 0.25) is 0 Å². The lowest BCUT2D eigenvalue weighted by Crippen LogP contribution is -2.11. The summed E-state index contributed by atoms with van der Waals surface area (Å²) in [6, 6.07) is 5.84. The van der Waals surface area contributed by atoms with Gasteiger partial charge in [0.2, 0.25) is 0 Å². The van der Waals surface area contributed by atoms with Crippen molar-refractivity contribution in [3.8, 4) is 5.75 Å². The highest BCUT2D eigenvalue weighted by Crippen LogP contribution is 2.18. The van der Waals surface area contributed by atoms with Crippen LogP contribution in [0.25, 0.3) is 0 Å². The largest absolute Gasteiger partial charge is 0.490 e. The highest BCUT2D eigenvalue weighted by molar-refractivity contribution is 5.25. The van der Waals surface area contributed by atoms with Crippen molar-refractivity contribution in [3.63, 3.8) is 0 Å². The molecule has 0 atom stereocenters. The van der Waals surface area contributed by atoms with Gasteiger partial charge in [-0.25, -0.2) is 9.97 Å².